The van der Waals surface area contributed by atoms with Crippen LogP contribution in [0.4, 0.5) is 13.2 Å². The van der Waals surface area contributed by atoms with Gasteiger partial charge in [-0.25, -0.2) is 0 Å². The fraction of sp³-hybridized carbons (Fsp3) is 0.308. The van der Waals surface area contributed by atoms with Crippen molar-refractivity contribution < 1.29 is 23.0 Å². The third kappa shape index (κ3) is 3.57. The molecule has 1 heterocycles. The van der Waals surface area contributed by atoms with E-state index in [2.05, 4.69) is 4.98 Å². The molecule has 0 aliphatic rings. The molecule has 19 heavy (non-hydrogen) atoms. The average Bonchev–Trinajstić information content (AvgIpc) is 2.37. The van der Waals surface area contributed by atoms with Gasteiger partial charge in [0.1, 0.15) is 5.75 Å². The quantitative estimate of drug-likeness (QED) is 0.929. The highest BCUT2D eigenvalue weighted by molar-refractivity contribution is 5.85. The number of ether oxygens (including phenoxy) is 1. The van der Waals surface area contributed by atoms with Crippen LogP contribution in [0.1, 0.15) is 12.1 Å². The molecule has 1 aromatic carbocycles. The van der Waals surface area contributed by atoms with E-state index < -0.39 is 19.2 Å². The zero-order valence-electron chi connectivity index (χ0n) is 9.94. The number of nitrogens with zero attached hydrogens (tertiary/aromatic N) is 1. The molecule has 2 rings (SSSR count). The lowest BCUT2D eigenvalue weighted by Gasteiger charge is -2.11. The van der Waals surface area contributed by atoms with Gasteiger partial charge in [-0.2, -0.15) is 13.2 Å². The summed E-state index contributed by atoms with van der Waals surface area (Å²) in [7, 11) is 0. The topological polar surface area (TPSA) is 42.4 Å². The van der Waals surface area contributed by atoms with Crippen molar-refractivity contribution in [3.05, 3.63) is 36.0 Å². The third-order valence-corrected chi connectivity index (χ3v) is 2.54. The first-order valence-corrected chi connectivity index (χ1v) is 5.68. The molecule has 3 nitrogen and oxygen atoms in total. The second kappa shape index (κ2) is 5.44. The predicted octanol–water partition coefficient (Wildman–Crippen LogP) is 3.06. The smallest absolute Gasteiger partial charge is 0.392 e. The van der Waals surface area contributed by atoms with Crippen LogP contribution in [0, 0.1) is 0 Å². The van der Waals surface area contributed by atoms with E-state index in [4.69, 9.17) is 9.84 Å². The largest absolute Gasteiger partial charge is 0.492 e. The van der Waals surface area contributed by atoms with Gasteiger partial charge in [0.15, 0.2) is 0 Å². The van der Waals surface area contributed by atoms with Crippen molar-refractivity contribution in [3.8, 4) is 5.75 Å². The number of alkyl halides is 3. The first kappa shape index (κ1) is 13.6. The Labute approximate surface area is 107 Å². The molecule has 0 bridgehead atoms. The van der Waals surface area contributed by atoms with Gasteiger partial charge in [-0.15, -0.1) is 0 Å². The van der Waals surface area contributed by atoms with Gasteiger partial charge in [0, 0.05) is 11.5 Å². The minimum Gasteiger partial charge on any atom is -0.492 e. The summed E-state index contributed by atoms with van der Waals surface area (Å²) in [6.45, 7) is -0.747. The number of aliphatic hydroxyl groups is 1. The number of rotatable bonds is 4. The summed E-state index contributed by atoms with van der Waals surface area (Å²) in [6.07, 6.45) is -5.26. The van der Waals surface area contributed by atoms with E-state index >= 15 is 0 Å². The maximum Gasteiger partial charge on any atom is 0.392 e. The number of halogens is 3. The highest BCUT2D eigenvalue weighted by Crippen LogP contribution is 2.27. The van der Waals surface area contributed by atoms with Gasteiger partial charge in [-0.1, -0.05) is 12.1 Å². The van der Waals surface area contributed by atoms with Crippen LogP contribution in [0.5, 0.6) is 5.75 Å². The van der Waals surface area contributed by atoms with E-state index in [0.29, 0.717) is 22.3 Å². The number of hydrogen-bond acceptors (Lipinski definition) is 3. The van der Waals surface area contributed by atoms with Crippen LogP contribution in [-0.2, 0) is 6.61 Å². The molecule has 0 amide bonds. The number of aromatic nitrogens is 1. The zero-order chi connectivity index (χ0) is 13.9. The second-order valence-corrected chi connectivity index (χ2v) is 4.00. The maximum absolute atomic E-state index is 12.1. The van der Waals surface area contributed by atoms with Crippen LogP contribution >= 0.6 is 0 Å². The van der Waals surface area contributed by atoms with Crippen molar-refractivity contribution in [2.75, 3.05) is 6.61 Å². The molecular weight excluding hydrogens is 259 g/mol. The molecule has 102 valence electrons. The van der Waals surface area contributed by atoms with Crippen LogP contribution in [0.25, 0.3) is 10.9 Å². The van der Waals surface area contributed by atoms with Crippen molar-refractivity contribution in [2.24, 2.45) is 0 Å². The van der Waals surface area contributed by atoms with Gasteiger partial charge in [0.05, 0.1) is 30.8 Å². The molecule has 2 aromatic rings. The van der Waals surface area contributed by atoms with Crippen molar-refractivity contribution in [2.45, 2.75) is 19.2 Å². The number of para-hydroxylation sites is 1. The zero-order valence-corrected chi connectivity index (χ0v) is 9.94. The molecule has 1 N–H and O–H groups in total. The van der Waals surface area contributed by atoms with Gasteiger partial charge >= 0.3 is 6.18 Å². The molecule has 0 saturated heterocycles. The monoisotopic (exact) mass is 271 g/mol. The van der Waals surface area contributed by atoms with E-state index in [9.17, 15) is 13.2 Å². The van der Waals surface area contributed by atoms with Crippen LogP contribution < -0.4 is 4.74 Å². The van der Waals surface area contributed by atoms with Crippen molar-refractivity contribution >= 4 is 10.9 Å². The van der Waals surface area contributed by atoms with Crippen molar-refractivity contribution in [3.63, 3.8) is 0 Å². The van der Waals surface area contributed by atoms with E-state index in [1.165, 1.54) is 6.07 Å². The Morgan fingerprint density at radius 3 is 2.63 bits per heavy atom. The van der Waals surface area contributed by atoms with Crippen LogP contribution in [0.2, 0.25) is 0 Å². The fourth-order valence-electron chi connectivity index (χ4n) is 1.67. The third-order valence-electron chi connectivity index (χ3n) is 2.54. The Morgan fingerprint density at radius 2 is 1.95 bits per heavy atom. The fourth-order valence-corrected chi connectivity index (χ4v) is 1.67. The normalized spacial score (nSPS) is 11.8. The van der Waals surface area contributed by atoms with Gasteiger partial charge in [0.25, 0.3) is 0 Å². The molecule has 0 aliphatic carbocycles. The summed E-state index contributed by atoms with van der Waals surface area (Å²) in [5, 5.41) is 9.70. The highest BCUT2D eigenvalue weighted by Gasteiger charge is 2.27. The Kier molecular flexibility index (Phi) is 3.90. The van der Waals surface area contributed by atoms with Crippen LogP contribution in [0.15, 0.2) is 30.3 Å². The van der Waals surface area contributed by atoms with E-state index in [-0.39, 0.29) is 6.61 Å². The molecule has 1 aromatic heterocycles. The average molecular weight is 271 g/mol. The Morgan fingerprint density at radius 1 is 1.21 bits per heavy atom. The molecule has 0 fully saturated rings. The first-order chi connectivity index (χ1) is 8.99. The molecule has 0 unspecified atom stereocenters. The molecule has 0 aliphatic heterocycles. The van der Waals surface area contributed by atoms with Gasteiger partial charge < -0.3 is 9.84 Å². The van der Waals surface area contributed by atoms with Gasteiger partial charge in [-0.05, 0) is 12.1 Å². The second-order valence-electron chi connectivity index (χ2n) is 4.00. The SMILES string of the molecule is OCc1cc(OCCC(F)(F)F)c2ccccc2n1. The number of hydrogen-bond donors (Lipinski definition) is 1. The summed E-state index contributed by atoms with van der Waals surface area (Å²) < 4.78 is 41.4. The molecule has 0 saturated carbocycles. The Balaban J connectivity index is 2.25. The number of fused-ring (bicyclic) bond motifs is 1. The molecule has 0 radical (unpaired) electrons. The molecule has 0 spiro atoms. The molecular formula is C13H12F3NO2. The standard InChI is InChI=1S/C13H12F3NO2/c14-13(15,16)5-6-19-12-7-9(8-18)17-11-4-2-1-3-10(11)12/h1-4,7,18H,5-6,8H2. The van der Waals surface area contributed by atoms with E-state index in [1.807, 2.05) is 0 Å². The number of benzene rings is 1. The first-order valence-electron chi connectivity index (χ1n) is 5.68. The van der Waals surface area contributed by atoms with Crippen molar-refractivity contribution in [1.29, 1.82) is 0 Å². The van der Waals surface area contributed by atoms with Gasteiger partial charge in [-0.3, -0.25) is 4.98 Å². The summed E-state index contributed by atoms with van der Waals surface area (Å²) in [5.74, 6) is 0.305. The molecule has 0 atom stereocenters. The number of pyridine rings is 1. The highest BCUT2D eigenvalue weighted by atomic mass is 19.4. The lowest BCUT2D eigenvalue weighted by molar-refractivity contribution is -0.139. The lowest BCUT2D eigenvalue weighted by atomic mass is 10.2. The lowest BCUT2D eigenvalue weighted by Crippen LogP contribution is -2.13. The maximum atomic E-state index is 12.1. The van der Waals surface area contributed by atoms with E-state index in [0.717, 1.165) is 0 Å². The minimum absolute atomic E-state index is 0.291. The van der Waals surface area contributed by atoms with Crippen molar-refractivity contribution in [1.82, 2.24) is 4.98 Å². The van der Waals surface area contributed by atoms with Crippen LogP contribution in [-0.4, -0.2) is 22.9 Å². The summed E-state index contributed by atoms with van der Waals surface area (Å²) in [4.78, 5) is 4.16. The summed E-state index contributed by atoms with van der Waals surface area (Å²) >= 11 is 0. The Hall–Kier alpha value is -1.82. The van der Waals surface area contributed by atoms with Crippen LogP contribution in [0.3, 0.4) is 0 Å². The molecule has 6 heteroatoms. The number of aliphatic hydroxyl groups excluding tert-OH is 1. The Bertz CT molecular complexity index is 569. The summed E-state index contributed by atoms with van der Waals surface area (Å²) in [6, 6.07) is 8.39. The summed E-state index contributed by atoms with van der Waals surface area (Å²) in [5.41, 5.74) is 0.941. The van der Waals surface area contributed by atoms with Gasteiger partial charge in [0.2, 0.25) is 0 Å². The minimum atomic E-state index is -4.25. The predicted molar refractivity (Wildman–Crippen MR) is 63.8 cm³/mol. The van der Waals surface area contributed by atoms with E-state index in [1.54, 1.807) is 24.3 Å².